The average molecular weight is 156 g/mol. The van der Waals surface area contributed by atoms with E-state index in [4.69, 9.17) is 0 Å². The van der Waals surface area contributed by atoms with Crippen molar-refractivity contribution in [2.24, 2.45) is 5.41 Å². The van der Waals surface area contributed by atoms with Gasteiger partial charge >= 0.3 is 0 Å². The van der Waals surface area contributed by atoms with Gasteiger partial charge in [-0.15, -0.1) is 0 Å². The molecule has 1 rings (SSSR count). The maximum atomic E-state index is 3.53. The van der Waals surface area contributed by atoms with Crippen molar-refractivity contribution in [3.05, 3.63) is 0 Å². The van der Waals surface area contributed by atoms with Gasteiger partial charge in [-0.05, 0) is 24.9 Å². The van der Waals surface area contributed by atoms with Crippen molar-refractivity contribution in [3.63, 3.8) is 0 Å². The van der Waals surface area contributed by atoms with Gasteiger partial charge in [-0.3, -0.25) is 0 Å². The van der Waals surface area contributed by atoms with Crippen LogP contribution in [0.4, 0.5) is 0 Å². The van der Waals surface area contributed by atoms with Crippen LogP contribution in [0.1, 0.15) is 27.2 Å². The molecule has 0 amide bonds. The highest BCUT2D eigenvalue weighted by Gasteiger charge is 2.30. The van der Waals surface area contributed by atoms with Crippen LogP contribution >= 0.6 is 0 Å². The van der Waals surface area contributed by atoms with Crippen LogP contribution in [0.5, 0.6) is 0 Å². The lowest BCUT2D eigenvalue weighted by Crippen LogP contribution is -2.52. The Morgan fingerprint density at radius 3 is 2.82 bits per heavy atom. The van der Waals surface area contributed by atoms with Crippen molar-refractivity contribution in [2.75, 3.05) is 19.6 Å². The van der Waals surface area contributed by atoms with Gasteiger partial charge in [0.25, 0.3) is 0 Å². The van der Waals surface area contributed by atoms with Gasteiger partial charge in [0.1, 0.15) is 0 Å². The van der Waals surface area contributed by atoms with Crippen LogP contribution in [-0.4, -0.2) is 25.7 Å². The number of hydrogen-bond acceptors (Lipinski definition) is 2. The van der Waals surface area contributed by atoms with Crippen LogP contribution in [0, 0.1) is 5.41 Å². The SMILES string of the molecule is CCNC1CCNCC1(C)C. The molecule has 66 valence electrons. The van der Waals surface area contributed by atoms with Crippen molar-refractivity contribution in [2.45, 2.75) is 33.2 Å². The largest absolute Gasteiger partial charge is 0.316 e. The second kappa shape index (κ2) is 3.55. The standard InChI is InChI=1S/C9H20N2/c1-4-11-8-5-6-10-7-9(8,2)3/h8,10-11H,4-7H2,1-3H3. The van der Waals surface area contributed by atoms with Gasteiger partial charge in [0.2, 0.25) is 0 Å². The molecule has 1 atom stereocenters. The van der Waals surface area contributed by atoms with Crippen LogP contribution in [0.15, 0.2) is 0 Å². The predicted octanol–water partition coefficient (Wildman–Crippen LogP) is 0.984. The Kier molecular flexibility index (Phi) is 2.90. The molecule has 1 saturated heterocycles. The molecule has 0 aromatic heterocycles. The zero-order valence-electron chi connectivity index (χ0n) is 7.91. The van der Waals surface area contributed by atoms with Gasteiger partial charge in [0.05, 0.1) is 0 Å². The Labute approximate surface area is 69.8 Å². The molecule has 1 unspecified atom stereocenters. The lowest BCUT2D eigenvalue weighted by Gasteiger charge is -2.39. The quantitative estimate of drug-likeness (QED) is 0.623. The molecule has 2 N–H and O–H groups in total. The topological polar surface area (TPSA) is 24.1 Å². The fourth-order valence-corrected chi connectivity index (χ4v) is 1.80. The molecular weight excluding hydrogens is 136 g/mol. The van der Waals surface area contributed by atoms with Crippen molar-refractivity contribution in [1.82, 2.24) is 10.6 Å². The number of hydrogen-bond donors (Lipinski definition) is 2. The maximum absolute atomic E-state index is 3.53. The molecule has 0 aromatic carbocycles. The lowest BCUT2D eigenvalue weighted by atomic mass is 9.80. The molecule has 0 spiro atoms. The predicted molar refractivity (Wildman–Crippen MR) is 48.7 cm³/mol. The third-order valence-corrected chi connectivity index (χ3v) is 2.58. The van der Waals surface area contributed by atoms with E-state index in [-0.39, 0.29) is 0 Å². The minimum absolute atomic E-state index is 0.425. The van der Waals surface area contributed by atoms with Crippen molar-refractivity contribution < 1.29 is 0 Å². The Hall–Kier alpha value is -0.0800. The summed E-state index contributed by atoms with van der Waals surface area (Å²) in [5.74, 6) is 0. The Morgan fingerprint density at radius 1 is 1.55 bits per heavy atom. The zero-order valence-corrected chi connectivity index (χ0v) is 7.91. The molecule has 1 fully saturated rings. The summed E-state index contributed by atoms with van der Waals surface area (Å²) in [7, 11) is 0. The molecule has 0 aliphatic carbocycles. The molecule has 1 heterocycles. The van der Waals surface area contributed by atoms with Crippen molar-refractivity contribution in [3.8, 4) is 0 Å². The fraction of sp³-hybridized carbons (Fsp3) is 1.00. The van der Waals surface area contributed by atoms with Crippen molar-refractivity contribution in [1.29, 1.82) is 0 Å². The third-order valence-electron chi connectivity index (χ3n) is 2.58. The summed E-state index contributed by atoms with van der Waals surface area (Å²) in [4.78, 5) is 0. The van der Waals surface area contributed by atoms with Gasteiger partial charge in [0, 0.05) is 12.6 Å². The number of nitrogens with one attached hydrogen (secondary N) is 2. The second-order valence-electron chi connectivity index (χ2n) is 4.06. The van der Waals surface area contributed by atoms with E-state index >= 15 is 0 Å². The maximum Gasteiger partial charge on any atom is 0.0142 e. The summed E-state index contributed by atoms with van der Waals surface area (Å²) in [6, 6.07) is 0.703. The summed E-state index contributed by atoms with van der Waals surface area (Å²) in [6.07, 6.45) is 1.26. The Balaban J connectivity index is 2.45. The first-order valence-electron chi connectivity index (χ1n) is 4.61. The first-order chi connectivity index (χ1) is 5.17. The third kappa shape index (κ3) is 2.17. The van der Waals surface area contributed by atoms with Gasteiger partial charge in [0.15, 0.2) is 0 Å². The molecule has 11 heavy (non-hydrogen) atoms. The van der Waals surface area contributed by atoms with Crippen LogP contribution < -0.4 is 10.6 Å². The smallest absolute Gasteiger partial charge is 0.0142 e. The Morgan fingerprint density at radius 2 is 2.27 bits per heavy atom. The summed E-state index contributed by atoms with van der Waals surface area (Å²) in [6.45, 7) is 10.2. The molecule has 0 aromatic rings. The van der Waals surface area contributed by atoms with Gasteiger partial charge in [-0.1, -0.05) is 20.8 Å². The molecule has 0 bridgehead atoms. The van der Waals surface area contributed by atoms with E-state index in [0.29, 0.717) is 11.5 Å². The summed E-state index contributed by atoms with van der Waals surface area (Å²) >= 11 is 0. The molecule has 1 aliphatic rings. The minimum atomic E-state index is 0.425. The van der Waals surface area contributed by atoms with Crippen LogP contribution in [0.25, 0.3) is 0 Å². The average Bonchev–Trinajstić information content (AvgIpc) is 1.94. The van der Waals surface area contributed by atoms with Gasteiger partial charge in [-0.25, -0.2) is 0 Å². The first kappa shape index (κ1) is 9.01. The molecular formula is C9H20N2. The highest BCUT2D eigenvalue weighted by Crippen LogP contribution is 2.24. The highest BCUT2D eigenvalue weighted by atomic mass is 15.0. The summed E-state index contributed by atoms with van der Waals surface area (Å²) < 4.78 is 0. The zero-order chi connectivity index (χ0) is 8.32. The minimum Gasteiger partial charge on any atom is -0.316 e. The summed E-state index contributed by atoms with van der Waals surface area (Å²) in [5, 5.41) is 6.96. The molecule has 2 nitrogen and oxygen atoms in total. The van der Waals surface area contributed by atoms with E-state index < -0.39 is 0 Å². The van der Waals surface area contributed by atoms with Gasteiger partial charge < -0.3 is 10.6 Å². The molecule has 2 heteroatoms. The lowest BCUT2D eigenvalue weighted by molar-refractivity contribution is 0.187. The summed E-state index contributed by atoms with van der Waals surface area (Å²) in [5.41, 5.74) is 0.425. The van der Waals surface area contributed by atoms with Crippen LogP contribution in [0.2, 0.25) is 0 Å². The van der Waals surface area contributed by atoms with Crippen LogP contribution in [0.3, 0.4) is 0 Å². The Bertz CT molecular complexity index is 119. The number of piperidine rings is 1. The van der Waals surface area contributed by atoms with Crippen LogP contribution in [-0.2, 0) is 0 Å². The molecule has 0 radical (unpaired) electrons. The van der Waals surface area contributed by atoms with E-state index in [0.717, 1.165) is 13.1 Å². The van der Waals surface area contributed by atoms with E-state index in [1.54, 1.807) is 0 Å². The fourth-order valence-electron chi connectivity index (χ4n) is 1.80. The van der Waals surface area contributed by atoms with E-state index in [9.17, 15) is 0 Å². The monoisotopic (exact) mass is 156 g/mol. The van der Waals surface area contributed by atoms with E-state index in [2.05, 4.69) is 31.4 Å². The second-order valence-corrected chi connectivity index (χ2v) is 4.06. The van der Waals surface area contributed by atoms with E-state index in [1.165, 1.54) is 13.0 Å². The van der Waals surface area contributed by atoms with E-state index in [1.807, 2.05) is 0 Å². The highest BCUT2D eigenvalue weighted by molar-refractivity contribution is 4.89. The van der Waals surface area contributed by atoms with Crippen molar-refractivity contribution >= 4 is 0 Å². The normalized spacial score (nSPS) is 30.3. The van der Waals surface area contributed by atoms with Gasteiger partial charge in [-0.2, -0.15) is 0 Å². The molecule has 1 aliphatic heterocycles. The molecule has 0 saturated carbocycles. The first-order valence-corrected chi connectivity index (χ1v) is 4.61. The number of rotatable bonds is 2.